The number of nitrogens with zero attached hydrogens (tertiary/aromatic N) is 8. The van der Waals surface area contributed by atoms with Crippen molar-refractivity contribution in [2.45, 2.75) is 308 Å². The Morgan fingerprint density at radius 1 is 0.505 bits per heavy atom. The molecule has 4 spiro atoms. The van der Waals surface area contributed by atoms with Gasteiger partial charge in [-0.1, -0.05) is 34.3 Å². The van der Waals surface area contributed by atoms with E-state index in [-0.39, 0.29) is 40.6 Å². The lowest BCUT2D eigenvalue weighted by atomic mass is 9.60. The minimum atomic E-state index is 0.101. The van der Waals surface area contributed by atoms with Crippen LogP contribution in [0.15, 0.2) is 12.3 Å². The molecule has 2 saturated carbocycles. The molecule has 5 amide bonds. The van der Waals surface area contributed by atoms with Gasteiger partial charge in [0.05, 0.1) is 0 Å². The number of hydrogen-bond donors (Lipinski definition) is 4. The first-order valence-corrected chi connectivity index (χ1v) is 36.8. The van der Waals surface area contributed by atoms with Crippen molar-refractivity contribution in [2.75, 3.05) is 105 Å². The first-order chi connectivity index (χ1) is 42.5. The second-order valence-corrected chi connectivity index (χ2v) is 37.4. The van der Waals surface area contributed by atoms with Gasteiger partial charge in [-0.2, -0.15) is 0 Å². The molecule has 0 radical (unpaired) electrons. The van der Waals surface area contributed by atoms with Crippen LogP contribution in [0.25, 0.3) is 0 Å². The molecule has 538 valence electrons. The SMILES string of the molecule is C=C1CCC2(CCN(C(C)C)CC2)N1.CC(=O)N1CC(CC(C)(C)C)C1.CC(=O)N1CC2(C1)CN(C(C)(C)C)C2.CC(=O)N1CC2(CC(NC(C)(C)C)C2)C1.CC(=O)NC1CC2(C1)CN(C(C)C)C2.CC(=O)NC1CCCN(C(C)(C)C)CC1.CC1CN(C(C)(C)C)C1. The van der Waals surface area contributed by atoms with E-state index >= 15 is 0 Å². The van der Waals surface area contributed by atoms with Gasteiger partial charge >= 0.3 is 0 Å². The van der Waals surface area contributed by atoms with Crippen molar-refractivity contribution < 1.29 is 24.0 Å². The smallest absolute Gasteiger partial charge is 0.219 e. The summed E-state index contributed by atoms with van der Waals surface area (Å²) < 4.78 is 0. The maximum absolute atomic E-state index is 11.1. The molecule has 17 nitrogen and oxygen atoms in total. The van der Waals surface area contributed by atoms with Crippen LogP contribution >= 0.6 is 0 Å². The molecular weight excluding hydrogens is 1160 g/mol. The van der Waals surface area contributed by atoms with Crippen LogP contribution in [-0.2, 0) is 24.0 Å². The Morgan fingerprint density at radius 3 is 1.32 bits per heavy atom. The van der Waals surface area contributed by atoms with Crippen LogP contribution in [0, 0.1) is 33.5 Å². The standard InChI is InChI=1S/C12H22N2O.C12H24N2O.C12H22N2.2C11H20N2O.C10H19NO.C8H17N/c1-9(15)14-7-12(8-14)5-10(6-12)13-11(2,3)4;1-10(15)13-11-6-5-8-14(9-7-11)12(2,3)4;1-10(2)14-8-6-12(7-9-14)5-4-11(3)13-12;1-9(14)12-5-11(6-12)7-13(8-11)10(2,3)4;1-8(2)13-6-11(7-13)4-10(5-11)12-9(3)14;1-8(12)11-6-9(7-11)5-10(2,3)4;1-7-5-9(6-7)8(2,3)4/h10,13H,5-8H2,1-4H3;11H,5-9H2,1-4H3,(H,13,15);10,13H,3-9H2,1-2H3;5-8H2,1-4H3;8,10H,4-7H2,1-3H3,(H,12,14);9H,5-7H2,1-4H3;7H,5-6H2,1-4H3. The largest absolute Gasteiger partial charge is 0.383 e. The van der Waals surface area contributed by atoms with Gasteiger partial charge in [0.2, 0.25) is 29.5 Å². The second kappa shape index (κ2) is 32.1. The van der Waals surface area contributed by atoms with E-state index < -0.39 is 0 Å². The summed E-state index contributed by atoms with van der Waals surface area (Å²) in [5, 5.41) is 13.2. The zero-order valence-electron chi connectivity index (χ0n) is 64.7. The molecule has 93 heavy (non-hydrogen) atoms. The van der Waals surface area contributed by atoms with Crippen LogP contribution < -0.4 is 21.3 Å². The summed E-state index contributed by atoms with van der Waals surface area (Å²) in [7, 11) is 0. The van der Waals surface area contributed by atoms with Crippen molar-refractivity contribution in [3.05, 3.63) is 12.3 Å². The van der Waals surface area contributed by atoms with Crippen LogP contribution in [0.2, 0.25) is 0 Å². The molecule has 1 unspecified atom stereocenters. The monoisotopic (exact) mass is 1310 g/mol. The van der Waals surface area contributed by atoms with Crippen molar-refractivity contribution in [1.82, 2.24) is 60.5 Å². The molecule has 1 atom stereocenters. The average molecular weight is 1310 g/mol. The van der Waals surface area contributed by atoms with E-state index in [0.29, 0.717) is 68.5 Å². The third kappa shape index (κ3) is 25.2. The molecule has 9 saturated heterocycles. The molecule has 0 aromatic heterocycles. The van der Waals surface area contributed by atoms with Crippen LogP contribution in [-0.4, -0.2) is 231 Å². The highest BCUT2D eigenvalue weighted by Crippen LogP contribution is 2.50. The molecule has 11 fully saturated rings. The van der Waals surface area contributed by atoms with Crippen LogP contribution in [0.5, 0.6) is 0 Å². The Kier molecular flexibility index (Phi) is 27.7. The molecule has 11 rings (SSSR count). The number of rotatable bonds is 6. The maximum atomic E-state index is 11.1. The molecule has 0 bridgehead atoms. The number of allylic oxidation sites excluding steroid dienone is 1. The van der Waals surface area contributed by atoms with Gasteiger partial charge in [0.1, 0.15) is 0 Å². The number of hydrogen-bond acceptors (Lipinski definition) is 12. The highest BCUT2D eigenvalue weighted by atomic mass is 16.2. The highest BCUT2D eigenvalue weighted by molar-refractivity contribution is 5.75. The van der Waals surface area contributed by atoms with Gasteiger partial charge in [0.25, 0.3) is 0 Å². The quantitative estimate of drug-likeness (QED) is 0.200. The fourth-order valence-electron chi connectivity index (χ4n) is 16.2. The summed E-state index contributed by atoms with van der Waals surface area (Å²) in [6, 6.07) is 2.90. The normalized spacial score (nSPS) is 25.3. The number of nitrogens with one attached hydrogen (secondary N) is 4. The molecule has 11 aliphatic rings. The zero-order chi connectivity index (χ0) is 70.3. The molecule has 4 N–H and O–H groups in total. The van der Waals surface area contributed by atoms with Gasteiger partial charge in [0.15, 0.2) is 0 Å². The van der Waals surface area contributed by atoms with E-state index in [1.807, 2.05) is 14.7 Å². The van der Waals surface area contributed by atoms with Gasteiger partial charge in [0, 0.05) is 207 Å². The van der Waals surface area contributed by atoms with Crippen molar-refractivity contribution in [2.24, 2.45) is 33.5 Å². The first kappa shape index (κ1) is 80.3. The Bertz CT molecular complexity index is 2400. The van der Waals surface area contributed by atoms with E-state index in [1.54, 1.807) is 34.6 Å². The van der Waals surface area contributed by atoms with E-state index in [9.17, 15) is 24.0 Å². The van der Waals surface area contributed by atoms with Crippen molar-refractivity contribution in [3.63, 3.8) is 0 Å². The summed E-state index contributed by atoms with van der Waals surface area (Å²) in [5.74, 6) is 2.57. The molecule has 9 heterocycles. The van der Waals surface area contributed by atoms with E-state index in [1.165, 1.54) is 122 Å². The molecule has 9 aliphatic heterocycles. The lowest BCUT2D eigenvalue weighted by Crippen LogP contribution is -2.75. The van der Waals surface area contributed by atoms with Gasteiger partial charge in [-0.25, -0.2) is 0 Å². The number of piperidine rings is 1. The molecule has 0 aromatic carbocycles. The maximum Gasteiger partial charge on any atom is 0.219 e. The minimum Gasteiger partial charge on any atom is -0.383 e. The molecule has 17 heteroatoms. The lowest BCUT2D eigenvalue weighted by Gasteiger charge is -2.63. The van der Waals surface area contributed by atoms with Gasteiger partial charge in [-0.15, -0.1) is 0 Å². The van der Waals surface area contributed by atoms with Gasteiger partial charge in [-0.3, -0.25) is 43.6 Å². The molecule has 2 aliphatic carbocycles. The van der Waals surface area contributed by atoms with Gasteiger partial charge in [-0.05, 0) is 217 Å². The lowest BCUT2D eigenvalue weighted by molar-refractivity contribution is -0.166. The van der Waals surface area contributed by atoms with Crippen LogP contribution in [0.4, 0.5) is 0 Å². The first-order valence-electron chi connectivity index (χ1n) is 36.8. The summed E-state index contributed by atoms with van der Waals surface area (Å²) >= 11 is 0. The fraction of sp³-hybridized carbons (Fsp3) is 0.908. The Hall–Kier alpha value is -3.35. The predicted molar refractivity (Wildman–Crippen MR) is 386 cm³/mol. The van der Waals surface area contributed by atoms with E-state index in [4.69, 9.17) is 0 Å². The number of carbonyl (C=O) groups excluding carboxylic acids is 5. The Morgan fingerprint density at radius 2 is 0.946 bits per heavy atom. The topological polar surface area (TPSA) is 159 Å². The van der Waals surface area contributed by atoms with E-state index in [0.717, 1.165) is 77.0 Å². The summed E-state index contributed by atoms with van der Waals surface area (Å²) in [6.07, 6.45) is 14.6. The fourth-order valence-corrected chi connectivity index (χ4v) is 16.2. The van der Waals surface area contributed by atoms with Crippen molar-refractivity contribution in [1.29, 1.82) is 0 Å². The third-order valence-electron chi connectivity index (χ3n) is 21.8. The van der Waals surface area contributed by atoms with Gasteiger partial charge < -0.3 is 40.9 Å². The zero-order valence-corrected chi connectivity index (χ0v) is 64.7. The third-order valence-corrected chi connectivity index (χ3v) is 21.8. The Labute approximate surface area is 569 Å². The summed E-state index contributed by atoms with van der Waals surface area (Å²) in [5.41, 5.74) is 4.76. The number of carbonyl (C=O) groups is 5. The van der Waals surface area contributed by atoms with Crippen LogP contribution in [0.1, 0.15) is 250 Å². The molecule has 0 aromatic rings. The number of likely N-dealkylation sites (tertiary alicyclic amines) is 8. The Balaban J connectivity index is 0.000000198. The summed E-state index contributed by atoms with van der Waals surface area (Å²) in [4.78, 5) is 73.2. The van der Waals surface area contributed by atoms with Crippen LogP contribution in [0.3, 0.4) is 0 Å². The average Bonchev–Trinajstić information content (AvgIpc) is 1.21. The minimum absolute atomic E-state index is 0.101. The number of amides is 5. The predicted octanol–water partition coefficient (Wildman–Crippen LogP) is 10.9. The second-order valence-electron chi connectivity index (χ2n) is 37.4. The summed E-state index contributed by atoms with van der Waals surface area (Å²) in [6.45, 7) is 75.4. The highest BCUT2D eigenvalue weighted by Gasteiger charge is 2.56. The van der Waals surface area contributed by atoms with E-state index in [2.05, 4.69) is 191 Å². The van der Waals surface area contributed by atoms with Crippen molar-refractivity contribution in [3.8, 4) is 0 Å². The van der Waals surface area contributed by atoms with Crippen molar-refractivity contribution >= 4 is 29.5 Å². The molecular formula is C76H144N12O5.